The summed E-state index contributed by atoms with van der Waals surface area (Å²) < 4.78 is 5.36. The number of nitrogens with two attached hydrogens (primary N) is 1. The predicted molar refractivity (Wildman–Crippen MR) is 64.2 cm³/mol. The van der Waals surface area contributed by atoms with Gasteiger partial charge in [0.1, 0.15) is 11.9 Å². The Morgan fingerprint density at radius 2 is 1.71 bits per heavy atom. The molecule has 86 valence electrons. The molecular formula is C12H27NO. The standard InChI is InChI=1S/C7H13NO.C3H8.C2H6/c1-5-3-7(4-8)9-6(5)2;1-3-2;1-2/h3,5-6H,4,8H2,1-2H3;3H2,1-2H3;1-2H3. The fourth-order valence-corrected chi connectivity index (χ4v) is 0.930. The van der Waals surface area contributed by atoms with Gasteiger partial charge in [-0.2, -0.15) is 0 Å². The molecule has 0 aromatic heterocycles. The SMILES string of the molecule is CC.CC1C=C(CN)OC1C.CCC. The van der Waals surface area contributed by atoms with Crippen LogP contribution in [0.4, 0.5) is 0 Å². The van der Waals surface area contributed by atoms with E-state index in [1.165, 1.54) is 6.42 Å². The van der Waals surface area contributed by atoms with E-state index in [-0.39, 0.29) is 0 Å². The highest BCUT2D eigenvalue weighted by Gasteiger charge is 2.19. The van der Waals surface area contributed by atoms with Gasteiger partial charge in [0.2, 0.25) is 0 Å². The van der Waals surface area contributed by atoms with Crippen molar-refractivity contribution in [1.29, 1.82) is 0 Å². The minimum Gasteiger partial charge on any atom is -0.493 e. The Morgan fingerprint density at radius 3 is 1.86 bits per heavy atom. The number of hydrogen-bond acceptors (Lipinski definition) is 2. The molecule has 0 saturated carbocycles. The van der Waals surface area contributed by atoms with E-state index < -0.39 is 0 Å². The molecule has 14 heavy (non-hydrogen) atoms. The molecule has 0 aromatic rings. The highest BCUT2D eigenvalue weighted by atomic mass is 16.5. The van der Waals surface area contributed by atoms with Crippen LogP contribution < -0.4 is 5.73 Å². The normalized spacial score (nSPS) is 23.5. The Bertz CT molecular complexity index is 143. The van der Waals surface area contributed by atoms with E-state index >= 15 is 0 Å². The summed E-state index contributed by atoms with van der Waals surface area (Å²) in [5, 5.41) is 0. The molecule has 0 spiro atoms. The van der Waals surface area contributed by atoms with Gasteiger partial charge in [-0.1, -0.05) is 41.0 Å². The van der Waals surface area contributed by atoms with Crippen LogP contribution >= 0.6 is 0 Å². The highest BCUT2D eigenvalue weighted by Crippen LogP contribution is 2.21. The van der Waals surface area contributed by atoms with Crippen LogP contribution in [0.25, 0.3) is 0 Å². The molecule has 0 saturated heterocycles. The Kier molecular flexibility index (Phi) is 12.1. The van der Waals surface area contributed by atoms with Crippen LogP contribution in [0.1, 0.15) is 48.0 Å². The largest absolute Gasteiger partial charge is 0.493 e. The third kappa shape index (κ3) is 6.96. The van der Waals surface area contributed by atoms with Crippen molar-refractivity contribution < 1.29 is 4.74 Å². The topological polar surface area (TPSA) is 35.2 Å². The van der Waals surface area contributed by atoms with Crippen LogP contribution in [-0.2, 0) is 4.74 Å². The molecule has 2 heteroatoms. The molecule has 2 N–H and O–H groups in total. The van der Waals surface area contributed by atoms with Crippen molar-refractivity contribution in [1.82, 2.24) is 0 Å². The summed E-state index contributed by atoms with van der Waals surface area (Å²) in [5.41, 5.74) is 5.36. The van der Waals surface area contributed by atoms with E-state index in [4.69, 9.17) is 10.5 Å². The maximum Gasteiger partial charge on any atom is 0.106 e. The van der Waals surface area contributed by atoms with Crippen LogP contribution in [0.5, 0.6) is 0 Å². The summed E-state index contributed by atoms with van der Waals surface area (Å²) >= 11 is 0. The smallest absolute Gasteiger partial charge is 0.106 e. The van der Waals surface area contributed by atoms with Crippen molar-refractivity contribution in [3.63, 3.8) is 0 Å². The van der Waals surface area contributed by atoms with E-state index in [1.54, 1.807) is 0 Å². The van der Waals surface area contributed by atoms with E-state index in [2.05, 4.69) is 33.8 Å². The Hall–Kier alpha value is -0.500. The fraction of sp³-hybridized carbons (Fsp3) is 0.833. The van der Waals surface area contributed by atoms with Gasteiger partial charge in [0, 0.05) is 5.92 Å². The molecule has 2 atom stereocenters. The lowest BCUT2D eigenvalue weighted by molar-refractivity contribution is 0.133. The Balaban J connectivity index is 0. The molecule has 2 unspecified atom stereocenters. The lowest BCUT2D eigenvalue weighted by Gasteiger charge is -2.08. The monoisotopic (exact) mass is 201 g/mol. The third-order valence-electron chi connectivity index (χ3n) is 1.73. The second-order valence-electron chi connectivity index (χ2n) is 3.23. The van der Waals surface area contributed by atoms with Crippen molar-refractivity contribution in [2.75, 3.05) is 6.54 Å². The van der Waals surface area contributed by atoms with Crippen molar-refractivity contribution in [3.05, 3.63) is 11.8 Å². The first-order valence-corrected chi connectivity index (χ1v) is 5.73. The maximum absolute atomic E-state index is 5.36. The molecule has 0 bridgehead atoms. The van der Waals surface area contributed by atoms with Crippen molar-refractivity contribution in [3.8, 4) is 0 Å². The zero-order valence-corrected chi connectivity index (χ0v) is 10.6. The van der Waals surface area contributed by atoms with Crippen LogP contribution in [0.2, 0.25) is 0 Å². The lowest BCUT2D eigenvalue weighted by Crippen LogP contribution is -2.10. The van der Waals surface area contributed by atoms with Gasteiger partial charge in [-0.15, -0.1) is 0 Å². The Labute approximate surface area is 89.5 Å². The van der Waals surface area contributed by atoms with Gasteiger partial charge in [-0.05, 0) is 13.0 Å². The highest BCUT2D eigenvalue weighted by molar-refractivity contribution is 5.05. The molecule has 2 nitrogen and oxygen atoms in total. The quantitative estimate of drug-likeness (QED) is 0.706. The van der Waals surface area contributed by atoms with Gasteiger partial charge >= 0.3 is 0 Å². The maximum atomic E-state index is 5.36. The Morgan fingerprint density at radius 1 is 1.29 bits per heavy atom. The van der Waals surface area contributed by atoms with E-state index in [9.17, 15) is 0 Å². The van der Waals surface area contributed by atoms with Gasteiger partial charge in [-0.25, -0.2) is 0 Å². The van der Waals surface area contributed by atoms with Gasteiger partial charge in [0.05, 0.1) is 6.54 Å². The van der Waals surface area contributed by atoms with Gasteiger partial charge in [-0.3, -0.25) is 0 Å². The predicted octanol–water partition coefficient (Wildman–Crippen LogP) is 3.33. The number of hydrogen-bond donors (Lipinski definition) is 1. The first-order chi connectivity index (χ1) is 6.65. The number of ether oxygens (including phenoxy) is 1. The summed E-state index contributed by atoms with van der Waals surface area (Å²) in [6, 6.07) is 0. The zero-order valence-electron chi connectivity index (χ0n) is 10.6. The van der Waals surface area contributed by atoms with E-state index in [1.807, 2.05) is 13.8 Å². The molecule has 1 rings (SSSR count). The fourth-order valence-electron chi connectivity index (χ4n) is 0.930. The summed E-state index contributed by atoms with van der Waals surface area (Å²) in [5.74, 6) is 1.47. The molecule has 0 radical (unpaired) electrons. The summed E-state index contributed by atoms with van der Waals surface area (Å²) in [6.07, 6.45) is 3.66. The van der Waals surface area contributed by atoms with Crippen molar-refractivity contribution in [2.45, 2.75) is 54.1 Å². The molecule has 1 heterocycles. The third-order valence-corrected chi connectivity index (χ3v) is 1.73. The summed E-state index contributed by atoms with van der Waals surface area (Å²) in [7, 11) is 0. The van der Waals surface area contributed by atoms with Crippen molar-refractivity contribution >= 4 is 0 Å². The number of rotatable bonds is 1. The van der Waals surface area contributed by atoms with Crippen LogP contribution in [0.3, 0.4) is 0 Å². The van der Waals surface area contributed by atoms with E-state index in [0.29, 0.717) is 18.6 Å². The van der Waals surface area contributed by atoms with Crippen LogP contribution in [-0.4, -0.2) is 12.6 Å². The first kappa shape index (κ1) is 15.9. The molecule has 1 aliphatic rings. The first-order valence-electron chi connectivity index (χ1n) is 5.73. The average molecular weight is 201 g/mol. The molecule has 0 amide bonds. The molecular weight excluding hydrogens is 174 g/mol. The van der Waals surface area contributed by atoms with Crippen LogP contribution in [0.15, 0.2) is 11.8 Å². The van der Waals surface area contributed by atoms with Gasteiger partial charge in [0.25, 0.3) is 0 Å². The summed E-state index contributed by atoms with van der Waals surface area (Å²) in [4.78, 5) is 0. The summed E-state index contributed by atoms with van der Waals surface area (Å²) in [6.45, 7) is 13.0. The second kappa shape index (κ2) is 10.6. The minimum atomic E-state index is 0.323. The van der Waals surface area contributed by atoms with Gasteiger partial charge in [0.15, 0.2) is 0 Å². The van der Waals surface area contributed by atoms with Crippen LogP contribution in [0, 0.1) is 5.92 Å². The lowest BCUT2D eigenvalue weighted by atomic mass is 10.1. The molecule has 0 aliphatic carbocycles. The molecule has 0 aromatic carbocycles. The molecule has 1 aliphatic heterocycles. The molecule has 0 fully saturated rings. The van der Waals surface area contributed by atoms with E-state index in [0.717, 1.165) is 5.76 Å². The van der Waals surface area contributed by atoms with Gasteiger partial charge < -0.3 is 10.5 Å². The minimum absolute atomic E-state index is 0.323. The zero-order chi connectivity index (χ0) is 11.6. The second-order valence-corrected chi connectivity index (χ2v) is 3.23. The average Bonchev–Trinajstić information content (AvgIpc) is 2.51. The van der Waals surface area contributed by atoms with Crippen molar-refractivity contribution in [2.24, 2.45) is 11.7 Å².